The predicted molar refractivity (Wildman–Crippen MR) is 64.0 cm³/mol. The van der Waals surface area contributed by atoms with Gasteiger partial charge in [-0.1, -0.05) is 0 Å². The number of methoxy groups -OCH3 is 1. The molecule has 0 aromatic heterocycles. The normalized spacial score (nSPS) is 16.3. The maximum absolute atomic E-state index is 9.08. The highest BCUT2D eigenvalue weighted by Crippen LogP contribution is 2.31. The summed E-state index contributed by atoms with van der Waals surface area (Å²) < 4.78 is 5.18. The Bertz CT molecular complexity index is 434. The van der Waals surface area contributed by atoms with Crippen molar-refractivity contribution in [2.75, 3.05) is 33.4 Å². The van der Waals surface area contributed by atoms with Crippen LogP contribution in [0, 0.1) is 11.3 Å². The minimum absolute atomic E-state index is 0.190. The maximum Gasteiger partial charge on any atom is 0.119 e. The minimum atomic E-state index is 0.190. The lowest BCUT2D eigenvalue weighted by Crippen LogP contribution is -2.46. The summed E-state index contributed by atoms with van der Waals surface area (Å²) in [7, 11) is 1.63. The predicted octanol–water partition coefficient (Wildman–Crippen LogP) is 0.958. The number of aliphatic hydroxyl groups excluding tert-OH is 1. The van der Waals surface area contributed by atoms with Crippen molar-refractivity contribution in [1.82, 2.24) is 4.90 Å². The lowest BCUT2D eigenvalue weighted by Gasteiger charge is -2.39. The van der Waals surface area contributed by atoms with E-state index in [9.17, 15) is 0 Å². The van der Waals surface area contributed by atoms with Crippen LogP contribution < -0.4 is 4.74 Å². The van der Waals surface area contributed by atoms with Crippen LogP contribution in [0.5, 0.6) is 5.75 Å². The Morgan fingerprint density at radius 2 is 2.29 bits per heavy atom. The fourth-order valence-corrected chi connectivity index (χ4v) is 2.20. The van der Waals surface area contributed by atoms with Crippen molar-refractivity contribution in [1.29, 1.82) is 5.26 Å². The minimum Gasteiger partial charge on any atom is -0.497 e. The molecule has 2 rings (SSSR count). The first kappa shape index (κ1) is 11.9. The van der Waals surface area contributed by atoms with Gasteiger partial charge in [0, 0.05) is 25.6 Å². The van der Waals surface area contributed by atoms with Crippen molar-refractivity contribution < 1.29 is 9.84 Å². The summed E-state index contributed by atoms with van der Waals surface area (Å²) in [6.45, 7) is 2.71. The lowest BCUT2D eigenvalue weighted by molar-refractivity contribution is 0.115. The van der Waals surface area contributed by atoms with Crippen LogP contribution in [-0.4, -0.2) is 43.4 Å². The van der Waals surface area contributed by atoms with Gasteiger partial charge in [0.25, 0.3) is 0 Å². The third kappa shape index (κ3) is 2.41. The molecule has 0 atom stereocenters. The first-order valence-corrected chi connectivity index (χ1v) is 5.69. The molecule has 1 aliphatic heterocycles. The average Bonchev–Trinajstić information content (AvgIpc) is 2.32. The first-order valence-electron chi connectivity index (χ1n) is 5.69. The highest BCUT2D eigenvalue weighted by molar-refractivity contribution is 5.45. The van der Waals surface area contributed by atoms with Gasteiger partial charge in [0.2, 0.25) is 0 Å². The van der Waals surface area contributed by atoms with Crippen molar-refractivity contribution >= 4 is 0 Å². The molecule has 0 aliphatic carbocycles. The number of likely N-dealkylation sites (tertiary alicyclic amines) is 1. The molecule has 90 valence electrons. The van der Waals surface area contributed by atoms with Gasteiger partial charge in [-0.15, -0.1) is 0 Å². The van der Waals surface area contributed by atoms with E-state index in [0.29, 0.717) is 12.5 Å². The maximum atomic E-state index is 9.08. The number of hydrogen-bond acceptors (Lipinski definition) is 4. The van der Waals surface area contributed by atoms with E-state index in [1.807, 2.05) is 18.2 Å². The number of aliphatic hydroxyl groups is 1. The quantitative estimate of drug-likeness (QED) is 0.840. The van der Waals surface area contributed by atoms with E-state index in [2.05, 4.69) is 11.0 Å². The fourth-order valence-electron chi connectivity index (χ4n) is 2.20. The molecule has 1 fully saturated rings. The van der Waals surface area contributed by atoms with Crippen LogP contribution in [0.25, 0.3) is 0 Å². The second-order valence-electron chi connectivity index (χ2n) is 4.25. The summed E-state index contributed by atoms with van der Waals surface area (Å²) in [4.78, 5) is 2.17. The van der Waals surface area contributed by atoms with Crippen LogP contribution >= 0.6 is 0 Å². The average molecular weight is 232 g/mol. The van der Waals surface area contributed by atoms with Crippen molar-refractivity contribution in [2.24, 2.45) is 0 Å². The molecular formula is C13H16N2O2. The van der Waals surface area contributed by atoms with Gasteiger partial charge in [0.1, 0.15) is 5.75 Å². The molecule has 0 unspecified atom stereocenters. The van der Waals surface area contributed by atoms with E-state index in [4.69, 9.17) is 15.1 Å². The highest BCUT2D eigenvalue weighted by atomic mass is 16.5. The van der Waals surface area contributed by atoms with Crippen molar-refractivity contribution in [3.63, 3.8) is 0 Å². The molecule has 1 aromatic rings. The Morgan fingerprint density at radius 3 is 2.88 bits per heavy atom. The topological polar surface area (TPSA) is 56.5 Å². The van der Waals surface area contributed by atoms with E-state index in [0.717, 1.165) is 30.0 Å². The Labute approximate surface area is 101 Å². The number of hydrogen-bond donors (Lipinski definition) is 1. The van der Waals surface area contributed by atoms with Gasteiger partial charge < -0.3 is 9.84 Å². The largest absolute Gasteiger partial charge is 0.497 e. The Hall–Kier alpha value is -1.57. The summed E-state index contributed by atoms with van der Waals surface area (Å²) in [5, 5.41) is 17.9. The highest BCUT2D eigenvalue weighted by Gasteiger charge is 2.29. The van der Waals surface area contributed by atoms with Crippen LogP contribution in [0.1, 0.15) is 17.0 Å². The fraction of sp³-hybridized carbons (Fsp3) is 0.462. The van der Waals surface area contributed by atoms with Crippen LogP contribution in [0.2, 0.25) is 0 Å². The van der Waals surface area contributed by atoms with Crippen LogP contribution in [0.15, 0.2) is 18.2 Å². The molecule has 4 nitrogen and oxygen atoms in total. The smallest absolute Gasteiger partial charge is 0.119 e. The molecule has 1 aromatic carbocycles. The third-order valence-electron chi connectivity index (χ3n) is 3.19. The van der Waals surface area contributed by atoms with E-state index in [1.165, 1.54) is 0 Å². The Morgan fingerprint density at radius 1 is 1.53 bits per heavy atom. The number of nitrogens with zero attached hydrogens (tertiary/aromatic N) is 2. The van der Waals surface area contributed by atoms with Crippen LogP contribution in [0.3, 0.4) is 0 Å². The molecule has 0 bridgehead atoms. The zero-order valence-electron chi connectivity index (χ0n) is 9.89. The molecule has 0 radical (unpaired) electrons. The van der Waals surface area contributed by atoms with Gasteiger partial charge in [-0.3, -0.25) is 4.90 Å². The second-order valence-corrected chi connectivity index (χ2v) is 4.25. The van der Waals surface area contributed by atoms with E-state index in [-0.39, 0.29) is 6.61 Å². The van der Waals surface area contributed by atoms with Gasteiger partial charge in [-0.05, 0) is 23.8 Å². The first-order chi connectivity index (χ1) is 8.28. The molecule has 1 N–H and O–H groups in total. The van der Waals surface area contributed by atoms with Gasteiger partial charge >= 0.3 is 0 Å². The lowest BCUT2D eigenvalue weighted by atomic mass is 9.88. The second kappa shape index (κ2) is 5.17. The van der Waals surface area contributed by atoms with E-state index >= 15 is 0 Å². The van der Waals surface area contributed by atoms with E-state index in [1.54, 1.807) is 7.11 Å². The molecule has 17 heavy (non-hydrogen) atoms. The molecule has 1 aliphatic rings. The number of β-amino-alcohol motifs (C(OH)–C–C–N with tert-alkyl or cyclic N) is 1. The molecule has 0 saturated carbocycles. The van der Waals surface area contributed by atoms with Gasteiger partial charge in [-0.2, -0.15) is 5.26 Å². The summed E-state index contributed by atoms with van der Waals surface area (Å²) in [6, 6.07) is 7.78. The number of ether oxygens (including phenoxy) is 1. The van der Waals surface area contributed by atoms with Gasteiger partial charge in [0.15, 0.2) is 0 Å². The van der Waals surface area contributed by atoms with E-state index < -0.39 is 0 Å². The molecular weight excluding hydrogens is 216 g/mol. The standard InChI is InChI=1S/C13H16N2O2/c1-17-12-3-2-10(7-14)13(6-12)11-8-15(9-11)4-5-16/h2-3,6,11,16H,4-5,8-9H2,1H3. The molecule has 0 spiro atoms. The third-order valence-corrected chi connectivity index (χ3v) is 3.19. The van der Waals surface area contributed by atoms with Gasteiger partial charge in [0.05, 0.1) is 25.3 Å². The molecule has 0 amide bonds. The van der Waals surface area contributed by atoms with Crippen molar-refractivity contribution in [2.45, 2.75) is 5.92 Å². The van der Waals surface area contributed by atoms with Crippen molar-refractivity contribution in [3.8, 4) is 11.8 Å². The number of nitriles is 1. The molecule has 1 heterocycles. The van der Waals surface area contributed by atoms with Crippen LogP contribution in [-0.2, 0) is 0 Å². The molecule has 1 saturated heterocycles. The summed E-state index contributed by atoms with van der Waals surface area (Å²) in [5.41, 5.74) is 1.78. The zero-order valence-corrected chi connectivity index (χ0v) is 9.89. The monoisotopic (exact) mass is 232 g/mol. The van der Waals surface area contributed by atoms with Crippen LogP contribution in [0.4, 0.5) is 0 Å². The Balaban J connectivity index is 2.13. The number of benzene rings is 1. The molecule has 4 heteroatoms. The van der Waals surface area contributed by atoms with Crippen molar-refractivity contribution in [3.05, 3.63) is 29.3 Å². The summed E-state index contributed by atoms with van der Waals surface area (Å²) in [5.74, 6) is 1.17. The number of rotatable bonds is 4. The summed E-state index contributed by atoms with van der Waals surface area (Å²) in [6.07, 6.45) is 0. The summed E-state index contributed by atoms with van der Waals surface area (Å²) >= 11 is 0. The zero-order chi connectivity index (χ0) is 12.3. The Kier molecular flexibility index (Phi) is 3.62. The SMILES string of the molecule is COc1ccc(C#N)c(C2CN(CCO)C2)c1. The van der Waals surface area contributed by atoms with Gasteiger partial charge in [-0.25, -0.2) is 0 Å².